The van der Waals surface area contributed by atoms with Crippen molar-refractivity contribution < 1.29 is 4.42 Å². The fourth-order valence-electron chi connectivity index (χ4n) is 11.4. The Morgan fingerprint density at radius 2 is 0.529 bits per heavy atom. The van der Waals surface area contributed by atoms with Gasteiger partial charge in [0.2, 0.25) is 0 Å². The molecule has 70 heavy (non-hydrogen) atoms. The molecule has 0 aliphatic heterocycles. The summed E-state index contributed by atoms with van der Waals surface area (Å²) < 4.78 is 13.7. The summed E-state index contributed by atoms with van der Waals surface area (Å²) in [5.41, 5.74) is 19.4. The molecule has 0 saturated heterocycles. The smallest absolute Gasteiger partial charge is 0.135 e. The molecule has 0 fully saturated rings. The first-order valence-electron chi connectivity index (χ1n) is 24.0. The topological polar surface area (TPSA) is 27.9 Å². The molecule has 0 saturated carbocycles. The fraction of sp³-hybridized carbons (Fsp3) is 0. The van der Waals surface area contributed by atoms with Crippen LogP contribution in [-0.2, 0) is 0 Å². The Kier molecular flexibility index (Phi) is 8.33. The summed E-state index contributed by atoms with van der Waals surface area (Å²) in [6.07, 6.45) is 0. The molecule has 0 radical (unpaired) electrons. The van der Waals surface area contributed by atoms with Crippen molar-refractivity contribution in [2.45, 2.75) is 0 Å². The third-order valence-electron chi connectivity index (χ3n) is 14.6. The van der Waals surface area contributed by atoms with E-state index in [1.807, 2.05) is 0 Å². The maximum Gasteiger partial charge on any atom is 0.135 e. The summed E-state index contributed by atoms with van der Waals surface area (Å²) in [4.78, 5) is 0. The van der Waals surface area contributed by atoms with E-state index < -0.39 is 0 Å². The Morgan fingerprint density at radius 3 is 1.01 bits per heavy atom. The molecular weight excluding hydrogens is 851 g/mol. The van der Waals surface area contributed by atoms with Crippen molar-refractivity contribution in [3.63, 3.8) is 0 Å². The molecule has 11 aromatic carbocycles. The van der Waals surface area contributed by atoms with Crippen LogP contribution in [0.2, 0.25) is 0 Å². The lowest BCUT2D eigenvalue weighted by Crippen LogP contribution is -1.93. The minimum absolute atomic E-state index is 0.875. The Labute approximate surface area is 402 Å². The zero-order valence-electron chi connectivity index (χ0n) is 37.9. The van der Waals surface area contributed by atoms with Crippen LogP contribution in [0.5, 0.6) is 0 Å². The molecule has 0 spiro atoms. The molecule has 4 heteroatoms. The van der Waals surface area contributed by atoms with Crippen LogP contribution in [0.4, 0.5) is 0 Å². The van der Waals surface area contributed by atoms with Crippen LogP contribution >= 0.6 is 0 Å². The van der Waals surface area contributed by atoms with E-state index in [9.17, 15) is 0 Å². The lowest BCUT2D eigenvalue weighted by atomic mass is 9.98. The third kappa shape index (κ3) is 5.84. The summed E-state index contributed by atoms with van der Waals surface area (Å²) in [7, 11) is 0. The molecule has 15 rings (SSSR count). The van der Waals surface area contributed by atoms with Crippen molar-refractivity contribution in [3.8, 4) is 50.4 Å². The van der Waals surface area contributed by atoms with Crippen molar-refractivity contribution in [3.05, 3.63) is 249 Å². The zero-order chi connectivity index (χ0) is 45.9. The molecule has 0 aliphatic carbocycles. The van der Waals surface area contributed by atoms with E-state index in [0.717, 1.165) is 50.1 Å². The van der Waals surface area contributed by atoms with Gasteiger partial charge in [-0.05, 0) is 149 Å². The molecular formula is C66H41N3O. The average molecular weight is 892 g/mol. The van der Waals surface area contributed by atoms with Crippen LogP contribution in [0.1, 0.15) is 0 Å². The highest BCUT2D eigenvalue weighted by atomic mass is 16.3. The summed E-state index contributed by atoms with van der Waals surface area (Å²) >= 11 is 0. The monoisotopic (exact) mass is 891 g/mol. The molecule has 4 nitrogen and oxygen atoms in total. The van der Waals surface area contributed by atoms with Crippen molar-refractivity contribution in [2.24, 2.45) is 0 Å². The molecule has 0 bridgehead atoms. The number of hydrogen-bond donors (Lipinski definition) is 0. The maximum absolute atomic E-state index is 6.55. The Hall–Kier alpha value is -9.38. The van der Waals surface area contributed by atoms with Gasteiger partial charge in [-0.1, -0.05) is 133 Å². The largest absolute Gasteiger partial charge is 0.456 e. The van der Waals surface area contributed by atoms with Crippen LogP contribution in [0.3, 0.4) is 0 Å². The summed E-state index contributed by atoms with van der Waals surface area (Å²) in [5.74, 6) is 0. The molecule has 0 amide bonds. The first kappa shape index (κ1) is 38.7. The van der Waals surface area contributed by atoms with Crippen LogP contribution in [0.15, 0.2) is 253 Å². The van der Waals surface area contributed by atoms with Gasteiger partial charge in [0.1, 0.15) is 11.2 Å². The normalized spacial score (nSPS) is 12.0. The molecule has 4 aromatic heterocycles. The summed E-state index contributed by atoms with van der Waals surface area (Å²) in [6.45, 7) is 0. The quantitative estimate of drug-likeness (QED) is 0.163. The first-order valence-corrected chi connectivity index (χ1v) is 24.0. The molecule has 15 aromatic rings. The lowest BCUT2D eigenvalue weighted by molar-refractivity contribution is 0.669. The molecule has 0 aliphatic rings. The number of nitrogens with zero attached hydrogens (tertiary/aromatic N) is 3. The number of benzene rings is 11. The van der Waals surface area contributed by atoms with E-state index in [4.69, 9.17) is 4.42 Å². The first-order chi connectivity index (χ1) is 34.7. The average Bonchev–Trinajstić information content (AvgIpc) is 4.17. The molecule has 0 N–H and O–H groups in total. The highest BCUT2D eigenvalue weighted by molar-refractivity contribution is 6.15. The van der Waals surface area contributed by atoms with Gasteiger partial charge >= 0.3 is 0 Å². The van der Waals surface area contributed by atoms with Crippen LogP contribution in [0.25, 0.3) is 138 Å². The second-order valence-corrected chi connectivity index (χ2v) is 18.5. The highest BCUT2D eigenvalue weighted by Gasteiger charge is 2.19. The van der Waals surface area contributed by atoms with Gasteiger partial charge in [0.15, 0.2) is 0 Å². The van der Waals surface area contributed by atoms with Crippen molar-refractivity contribution in [1.29, 1.82) is 0 Å². The van der Waals surface area contributed by atoms with Crippen molar-refractivity contribution in [1.82, 2.24) is 13.7 Å². The summed E-state index contributed by atoms with van der Waals surface area (Å²) in [6, 6.07) is 90.5. The Bertz CT molecular complexity index is 4570. The number of hydrogen-bond acceptors (Lipinski definition) is 1. The van der Waals surface area contributed by atoms with Gasteiger partial charge in [-0.2, -0.15) is 0 Å². The van der Waals surface area contributed by atoms with Crippen LogP contribution in [-0.4, -0.2) is 13.7 Å². The molecule has 4 heterocycles. The van der Waals surface area contributed by atoms with Crippen LogP contribution in [0, 0.1) is 0 Å². The Morgan fingerprint density at radius 1 is 0.200 bits per heavy atom. The fourth-order valence-corrected chi connectivity index (χ4v) is 11.4. The highest BCUT2D eigenvalue weighted by Crippen LogP contribution is 2.42. The van der Waals surface area contributed by atoms with Gasteiger partial charge in [-0.15, -0.1) is 0 Å². The van der Waals surface area contributed by atoms with E-state index in [1.165, 1.54) is 87.7 Å². The van der Waals surface area contributed by atoms with Gasteiger partial charge in [-0.25, -0.2) is 0 Å². The Balaban J connectivity index is 0.874. The second kappa shape index (κ2) is 15.1. The molecule has 0 unspecified atom stereocenters. The van der Waals surface area contributed by atoms with E-state index in [2.05, 4.69) is 262 Å². The van der Waals surface area contributed by atoms with Gasteiger partial charge in [-0.3, -0.25) is 0 Å². The lowest BCUT2D eigenvalue weighted by Gasteiger charge is -2.09. The second-order valence-electron chi connectivity index (χ2n) is 18.5. The number of para-hydroxylation sites is 4. The van der Waals surface area contributed by atoms with Gasteiger partial charge < -0.3 is 18.1 Å². The predicted molar refractivity (Wildman–Crippen MR) is 293 cm³/mol. The van der Waals surface area contributed by atoms with E-state index in [0.29, 0.717) is 0 Å². The van der Waals surface area contributed by atoms with Crippen molar-refractivity contribution >= 4 is 87.4 Å². The zero-order valence-corrected chi connectivity index (χ0v) is 37.9. The minimum atomic E-state index is 0.875. The standard InChI is InChI=1S/C66H41N3O/c1-4-14-42(15-5-1)43-24-30-62-53(36-43)52-21-11-13-23-60(52)69(62)50-29-35-66-58(41-50)57-40-47(28-34-65(57)70-66)46-27-33-64-56(39-46)55-38-45(26-32-63(55)68(64)49-18-8-3-9-19-49)44-25-31-61-54(37-44)51-20-10-12-22-59(51)67(61)48-16-6-2-7-17-48/h1-41H. The maximum atomic E-state index is 6.55. The van der Waals surface area contributed by atoms with E-state index in [1.54, 1.807) is 0 Å². The number of fused-ring (bicyclic) bond motifs is 12. The number of aromatic nitrogens is 3. The van der Waals surface area contributed by atoms with Gasteiger partial charge in [0.05, 0.1) is 33.1 Å². The molecule has 326 valence electrons. The minimum Gasteiger partial charge on any atom is -0.456 e. The van der Waals surface area contributed by atoms with Gasteiger partial charge in [0.25, 0.3) is 0 Å². The van der Waals surface area contributed by atoms with Crippen molar-refractivity contribution in [2.75, 3.05) is 0 Å². The summed E-state index contributed by atoms with van der Waals surface area (Å²) in [5, 5.41) is 9.58. The predicted octanol–water partition coefficient (Wildman–Crippen LogP) is 17.9. The van der Waals surface area contributed by atoms with Crippen LogP contribution < -0.4 is 0 Å². The number of rotatable bonds is 6. The van der Waals surface area contributed by atoms with Gasteiger partial charge in [0, 0.05) is 60.2 Å². The molecule has 0 atom stereocenters. The third-order valence-corrected chi connectivity index (χ3v) is 14.6. The number of furan rings is 1. The van der Waals surface area contributed by atoms with E-state index in [-0.39, 0.29) is 0 Å². The SMILES string of the molecule is c1ccc(-c2ccc3c(c2)c2ccccc2n3-c2ccc3oc4ccc(-c5ccc6c(c5)c5cc(-c7ccc8c(c7)c7ccccc7n8-c7ccccc7)ccc5n6-c5ccccc5)cc4c3c2)cc1. The van der Waals surface area contributed by atoms with E-state index >= 15 is 0 Å².